The Hall–Kier alpha value is -2.56. The zero-order valence-electron chi connectivity index (χ0n) is 13.3. The number of amides is 1. The maximum absolute atomic E-state index is 13.5. The van der Waals surface area contributed by atoms with Crippen molar-refractivity contribution in [2.45, 2.75) is 12.8 Å². The lowest BCUT2D eigenvalue weighted by Crippen LogP contribution is -2.27. The molecule has 2 rings (SSSR count). The van der Waals surface area contributed by atoms with Crippen LogP contribution in [0.5, 0.6) is 11.5 Å². The van der Waals surface area contributed by atoms with Gasteiger partial charge in [0.05, 0.1) is 20.6 Å². The molecule has 0 radical (unpaired) electrons. The maximum atomic E-state index is 13.5. The van der Waals surface area contributed by atoms with Gasteiger partial charge < -0.3 is 14.8 Å². The molecular formula is C18H20FNO3. The zero-order chi connectivity index (χ0) is 16.7. The summed E-state index contributed by atoms with van der Waals surface area (Å²) in [5, 5.41) is 2.79. The molecule has 2 aromatic carbocycles. The van der Waals surface area contributed by atoms with E-state index in [-0.39, 0.29) is 18.1 Å². The molecule has 4 nitrogen and oxygen atoms in total. The molecule has 0 heterocycles. The first-order valence-electron chi connectivity index (χ1n) is 7.35. The van der Waals surface area contributed by atoms with Crippen molar-refractivity contribution < 1.29 is 18.7 Å². The molecule has 5 heteroatoms. The summed E-state index contributed by atoms with van der Waals surface area (Å²) in [5.74, 6) is 0.891. The van der Waals surface area contributed by atoms with Crippen LogP contribution in [0.1, 0.15) is 11.1 Å². The van der Waals surface area contributed by atoms with Gasteiger partial charge in [-0.05, 0) is 24.1 Å². The predicted molar refractivity (Wildman–Crippen MR) is 86.4 cm³/mol. The summed E-state index contributed by atoms with van der Waals surface area (Å²) in [5.41, 5.74) is 1.37. The Bertz CT molecular complexity index is 673. The lowest BCUT2D eigenvalue weighted by molar-refractivity contribution is -0.120. The van der Waals surface area contributed by atoms with Crippen LogP contribution in [-0.2, 0) is 17.6 Å². The van der Waals surface area contributed by atoms with Crippen molar-refractivity contribution in [3.05, 3.63) is 59.4 Å². The highest BCUT2D eigenvalue weighted by molar-refractivity contribution is 5.79. The SMILES string of the molecule is COc1ccc(CC(=O)NCCc2ccccc2F)c(OC)c1. The summed E-state index contributed by atoms with van der Waals surface area (Å²) in [7, 11) is 3.12. The van der Waals surface area contributed by atoms with Crippen LogP contribution in [-0.4, -0.2) is 26.7 Å². The normalized spacial score (nSPS) is 10.2. The minimum absolute atomic E-state index is 0.134. The number of halogens is 1. The molecule has 122 valence electrons. The molecule has 0 aliphatic rings. The third kappa shape index (κ3) is 4.71. The quantitative estimate of drug-likeness (QED) is 0.854. The highest BCUT2D eigenvalue weighted by atomic mass is 19.1. The molecule has 1 N–H and O–H groups in total. The first kappa shape index (κ1) is 16.8. The van der Waals surface area contributed by atoms with E-state index in [9.17, 15) is 9.18 Å². The average molecular weight is 317 g/mol. The number of hydrogen-bond donors (Lipinski definition) is 1. The Kier molecular flexibility index (Phi) is 5.97. The fourth-order valence-electron chi connectivity index (χ4n) is 2.27. The second-order valence-corrected chi connectivity index (χ2v) is 5.05. The van der Waals surface area contributed by atoms with Crippen molar-refractivity contribution in [2.24, 2.45) is 0 Å². The van der Waals surface area contributed by atoms with Crippen LogP contribution in [0, 0.1) is 5.82 Å². The molecule has 0 bridgehead atoms. The van der Waals surface area contributed by atoms with E-state index in [1.165, 1.54) is 6.07 Å². The molecule has 0 saturated heterocycles. The highest BCUT2D eigenvalue weighted by Gasteiger charge is 2.10. The van der Waals surface area contributed by atoms with Crippen molar-refractivity contribution in [3.8, 4) is 11.5 Å². The maximum Gasteiger partial charge on any atom is 0.224 e. The number of methoxy groups -OCH3 is 2. The van der Waals surface area contributed by atoms with Crippen LogP contribution >= 0.6 is 0 Å². The molecule has 0 saturated carbocycles. The van der Waals surface area contributed by atoms with Crippen molar-refractivity contribution >= 4 is 5.91 Å². The minimum Gasteiger partial charge on any atom is -0.497 e. The standard InChI is InChI=1S/C18H20FNO3/c1-22-15-8-7-14(17(12-15)23-2)11-18(21)20-10-9-13-5-3-4-6-16(13)19/h3-8,12H,9-11H2,1-2H3,(H,20,21). The van der Waals surface area contributed by atoms with Crippen molar-refractivity contribution in [1.29, 1.82) is 0 Å². The second-order valence-electron chi connectivity index (χ2n) is 5.05. The van der Waals surface area contributed by atoms with Gasteiger partial charge in [-0.15, -0.1) is 0 Å². The second kappa shape index (κ2) is 8.17. The van der Waals surface area contributed by atoms with E-state index in [1.54, 1.807) is 50.6 Å². The topological polar surface area (TPSA) is 47.6 Å². The van der Waals surface area contributed by atoms with Gasteiger partial charge in [0.2, 0.25) is 5.91 Å². The van der Waals surface area contributed by atoms with Crippen LogP contribution in [0.15, 0.2) is 42.5 Å². The molecule has 23 heavy (non-hydrogen) atoms. The van der Waals surface area contributed by atoms with E-state index in [0.29, 0.717) is 30.0 Å². The molecule has 0 unspecified atom stereocenters. The molecule has 0 fully saturated rings. The first-order valence-corrected chi connectivity index (χ1v) is 7.35. The van der Waals surface area contributed by atoms with Gasteiger partial charge in [0.1, 0.15) is 17.3 Å². The van der Waals surface area contributed by atoms with Crippen LogP contribution in [0.3, 0.4) is 0 Å². The Morgan fingerprint density at radius 3 is 2.57 bits per heavy atom. The van der Waals surface area contributed by atoms with E-state index in [0.717, 1.165) is 5.56 Å². The van der Waals surface area contributed by atoms with Crippen LogP contribution < -0.4 is 14.8 Å². The van der Waals surface area contributed by atoms with Gasteiger partial charge in [-0.25, -0.2) is 4.39 Å². The molecule has 0 aliphatic carbocycles. The Labute approximate surface area is 135 Å². The van der Waals surface area contributed by atoms with Crippen molar-refractivity contribution in [3.63, 3.8) is 0 Å². The Balaban J connectivity index is 1.89. The van der Waals surface area contributed by atoms with E-state index < -0.39 is 0 Å². The summed E-state index contributed by atoms with van der Waals surface area (Å²) in [6.45, 7) is 0.387. The molecule has 0 aliphatic heterocycles. The molecular weight excluding hydrogens is 297 g/mol. The number of rotatable bonds is 7. The monoisotopic (exact) mass is 317 g/mol. The van der Waals surface area contributed by atoms with Crippen molar-refractivity contribution in [1.82, 2.24) is 5.32 Å². The Morgan fingerprint density at radius 2 is 1.87 bits per heavy atom. The molecule has 1 amide bonds. The van der Waals surface area contributed by atoms with E-state index in [4.69, 9.17) is 9.47 Å². The molecule has 0 atom stereocenters. The number of carbonyl (C=O) groups excluding carboxylic acids is 1. The number of hydrogen-bond acceptors (Lipinski definition) is 3. The Morgan fingerprint density at radius 1 is 1.09 bits per heavy atom. The summed E-state index contributed by atoms with van der Waals surface area (Å²) >= 11 is 0. The summed E-state index contributed by atoms with van der Waals surface area (Å²) in [4.78, 5) is 12.0. The average Bonchev–Trinajstić information content (AvgIpc) is 2.57. The molecule has 2 aromatic rings. The molecule has 0 spiro atoms. The highest BCUT2D eigenvalue weighted by Crippen LogP contribution is 2.24. The third-order valence-corrected chi connectivity index (χ3v) is 3.52. The zero-order valence-corrected chi connectivity index (χ0v) is 13.3. The van der Waals surface area contributed by atoms with Gasteiger partial charge in [0, 0.05) is 18.2 Å². The van der Waals surface area contributed by atoms with Gasteiger partial charge in [-0.3, -0.25) is 4.79 Å². The molecule has 0 aromatic heterocycles. The van der Waals surface area contributed by atoms with Crippen LogP contribution in [0.4, 0.5) is 4.39 Å². The fraction of sp³-hybridized carbons (Fsp3) is 0.278. The van der Waals surface area contributed by atoms with Gasteiger partial charge in [0.15, 0.2) is 0 Å². The summed E-state index contributed by atoms with van der Waals surface area (Å²) < 4.78 is 23.9. The smallest absolute Gasteiger partial charge is 0.224 e. The number of nitrogens with one attached hydrogen (secondary N) is 1. The van der Waals surface area contributed by atoms with Crippen LogP contribution in [0.2, 0.25) is 0 Å². The van der Waals surface area contributed by atoms with Gasteiger partial charge in [-0.1, -0.05) is 24.3 Å². The fourth-order valence-corrected chi connectivity index (χ4v) is 2.27. The number of benzene rings is 2. The summed E-state index contributed by atoms with van der Waals surface area (Å²) in [6, 6.07) is 11.9. The van der Waals surface area contributed by atoms with Crippen molar-refractivity contribution in [2.75, 3.05) is 20.8 Å². The number of ether oxygens (including phenoxy) is 2. The van der Waals surface area contributed by atoms with Gasteiger partial charge in [0.25, 0.3) is 0 Å². The predicted octanol–water partition coefficient (Wildman–Crippen LogP) is 2.74. The largest absolute Gasteiger partial charge is 0.497 e. The van der Waals surface area contributed by atoms with E-state index in [2.05, 4.69) is 5.32 Å². The first-order chi connectivity index (χ1) is 11.1. The lowest BCUT2D eigenvalue weighted by atomic mass is 10.1. The minimum atomic E-state index is -0.251. The van der Waals surface area contributed by atoms with Gasteiger partial charge in [-0.2, -0.15) is 0 Å². The summed E-state index contributed by atoms with van der Waals surface area (Å²) in [6.07, 6.45) is 0.655. The van der Waals surface area contributed by atoms with Crippen LogP contribution in [0.25, 0.3) is 0 Å². The third-order valence-electron chi connectivity index (χ3n) is 3.52. The number of carbonyl (C=O) groups is 1. The van der Waals surface area contributed by atoms with E-state index in [1.807, 2.05) is 0 Å². The van der Waals surface area contributed by atoms with Gasteiger partial charge >= 0.3 is 0 Å². The van der Waals surface area contributed by atoms with E-state index >= 15 is 0 Å². The lowest BCUT2D eigenvalue weighted by Gasteiger charge is -2.11.